The first kappa shape index (κ1) is 30.2. The summed E-state index contributed by atoms with van der Waals surface area (Å²) < 4.78 is 10.7. The minimum Gasteiger partial charge on any atom is -0.464 e. The van der Waals surface area contributed by atoms with E-state index < -0.39 is 12.2 Å². The molecule has 1 saturated heterocycles. The van der Waals surface area contributed by atoms with E-state index in [1.165, 1.54) is 4.88 Å². The van der Waals surface area contributed by atoms with Gasteiger partial charge in [0.1, 0.15) is 6.61 Å². The highest BCUT2D eigenvalue weighted by Crippen LogP contribution is 2.49. The van der Waals surface area contributed by atoms with E-state index in [1.807, 2.05) is 6.08 Å². The van der Waals surface area contributed by atoms with E-state index in [9.17, 15) is 20.3 Å². The standard InChI is InChI=1S/C31H46N2O5S/c32-23-24-22-27(34)26(9-5-10-28(35)31(13-7-14-31)29-11-6-21-39-29)25(24)8-3-1-2-4-12-30(36)38-20-17-33-15-18-37-19-16-33/h5-6,9,11,21,24-28,34-35H,1-4,7-8,10,12-20,22H2/b9-5+/t24-,25-,26+,27+,28?/m0/s1. The number of rotatable bonds is 15. The Hall–Kier alpha value is -1.76. The van der Waals surface area contributed by atoms with Gasteiger partial charge in [-0.05, 0) is 55.9 Å². The molecule has 2 saturated carbocycles. The summed E-state index contributed by atoms with van der Waals surface area (Å²) >= 11 is 1.73. The molecule has 0 bridgehead atoms. The Morgan fingerprint density at radius 1 is 1.28 bits per heavy atom. The van der Waals surface area contributed by atoms with Gasteiger partial charge in [-0.25, -0.2) is 0 Å². The highest BCUT2D eigenvalue weighted by molar-refractivity contribution is 7.10. The van der Waals surface area contributed by atoms with Crippen molar-refractivity contribution < 1.29 is 24.5 Å². The molecule has 4 rings (SSSR count). The Bertz CT molecular complexity index is 935. The van der Waals surface area contributed by atoms with E-state index >= 15 is 0 Å². The van der Waals surface area contributed by atoms with Gasteiger partial charge in [0.05, 0.1) is 37.4 Å². The zero-order chi connectivity index (χ0) is 27.5. The minimum atomic E-state index is -0.504. The maximum absolute atomic E-state index is 12.0. The van der Waals surface area contributed by atoms with Crippen LogP contribution in [0.25, 0.3) is 0 Å². The maximum atomic E-state index is 12.0. The van der Waals surface area contributed by atoms with Gasteiger partial charge in [0.2, 0.25) is 0 Å². The van der Waals surface area contributed by atoms with Crippen molar-refractivity contribution in [2.45, 2.75) is 88.3 Å². The van der Waals surface area contributed by atoms with E-state index in [1.54, 1.807) is 11.3 Å². The van der Waals surface area contributed by atoms with Gasteiger partial charge in [0, 0.05) is 42.3 Å². The fraction of sp³-hybridized carbons (Fsp3) is 0.742. The van der Waals surface area contributed by atoms with Crippen LogP contribution < -0.4 is 0 Å². The number of esters is 1. The predicted octanol–water partition coefficient (Wildman–Crippen LogP) is 4.83. The van der Waals surface area contributed by atoms with Gasteiger partial charge < -0.3 is 19.7 Å². The average Bonchev–Trinajstić information content (AvgIpc) is 3.55. The van der Waals surface area contributed by atoms with Gasteiger partial charge in [0.25, 0.3) is 0 Å². The van der Waals surface area contributed by atoms with Gasteiger partial charge in [-0.3, -0.25) is 9.69 Å². The third-order valence-electron chi connectivity index (χ3n) is 9.17. The largest absolute Gasteiger partial charge is 0.464 e. The van der Waals surface area contributed by atoms with Crippen molar-refractivity contribution in [2.75, 3.05) is 39.5 Å². The third kappa shape index (κ3) is 8.14. The monoisotopic (exact) mass is 558 g/mol. The van der Waals surface area contributed by atoms with E-state index in [0.29, 0.717) is 25.9 Å². The van der Waals surface area contributed by atoms with Gasteiger partial charge in [-0.15, -0.1) is 11.3 Å². The molecule has 2 heterocycles. The van der Waals surface area contributed by atoms with Crippen molar-refractivity contribution in [1.29, 1.82) is 5.26 Å². The number of unbranched alkanes of at least 4 members (excludes halogenated alkanes) is 3. The van der Waals surface area contributed by atoms with Crippen LogP contribution in [0.1, 0.15) is 75.5 Å². The van der Waals surface area contributed by atoms with Crippen LogP contribution in [0.2, 0.25) is 0 Å². The zero-order valence-electron chi connectivity index (χ0n) is 23.2. The lowest BCUT2D eigenvalue weighted by Crippen LogP contribution is -2.44. The lowest BCUT2D eigenvalue weighted by atomic mass is 9.63. The van der Waals surface area contributed by atoms with Gasteiger partial charge in [-0.2, -0.15) is 5.26 Å². The van der Waals surface area contributed by atoms with Crippen LogP contribution in [0, 0.1) is 29.1 Å². The van der Waals surface area contributed by atoms with Crippen molar-refractivity contribution in [2.24, 2.45) is 17.8 Å². The van der Waals surface area contributed by atoms with Crippen LogP contribution >= 0.6 is 11.3 Å². The van der Waals surface area contributed by atoms with Crippen LogP contribution in [0.5, 0.6) is 0 Å². The quantitative estimate of drug-likeness (QED) is 0.181. The Kier molecular flexibility index (Phi) is 11.8. The number of ether oxygens (including phenoxy) is 2. The molecule has 0 aromatic carbocycles. The summed E-state index contributed by atoms with van der Waals surface area (Å²) in [5, 5.41) is 33.6. The lowest BCUT2D eigenvalue weighted by Gasteiger charge is -2.45. The van der Waals surface area contributed by atoms with Crippen molar-refractivity contribution in [3.05, 3.63) is 34.5 Å². The molecule has 2 aliphatic carbocycles. The molecule has 0 spiro atoms. The molecule has 216 valence electrons. The lowest BCUT2D eigenvalue weighted by molar-refractivity contribution is -0.144. The van der Waals surface area contributed by atoms with Crippen molar-refractivity contribution in [3.63, 3.8) is 0 Å². The molecule has 5 atom stereocenters. The van der Waals surface area contributed by atoms with Crippen molar-refractivity contribution in [1.82, 2.24) is 4.90 Å². The molecular formula is C31H46N2O5S. The van der Waals surface area contributed by atoms with E-state index in [4.69, 9.17) is 9.47 Å². The highest BCUT2D eigenvalue weighted by atomic mass is 32.1. The number of thiophene rings is 1. The SMILES string of the molecule is N#C[C@@H]1C[C@@H](O)[C@H](/C=C/CC(O)C2(c3cccs3)CCC2)[C@H]1CCCCCCC(=O)OCCN1CCOCC1. The summed E-state index contributed by atoms with van der Waals surface area (Å²) in [6, 6.07) is 6.63. The molecular weight excluding hydrogens is 512 g/mol. The van der Waals surface area contributed by atoms with Crippen molar-refractivity contribution in [3.8, 4) is 6.07 Å². The molecule has 3 fully saturated rings. The highest BCUT2D eigenvalue weighted by Gasteiger charge is 2.45. The predicted molar refractivity (Wildman–Crippen MR) is 152 cm³/mol. The Balaban J connectivity index is 1.14. The molecule has 2 N–H and O–H groups in total. The molecule has 1 aromatic heterocycles. The molecule has 8 heteroatoms. The van der Waals surface area contributed by atoms with E-state index in [0.717, 1.165) is 84.2 Å². The number of carbonyl (C=O) groups is 1. The first-order chi connectivity index (χ1) is 19.0. The summed E-state index contributed by atoms with van der Waals surface area (Å²) in [6.45, 7) is 4.51. The second-order valence-corrected chi connectivity index (χ2v) is 12.5. The number of morpholine rings is 1. The number of carbonyl (C=O) groups excluding carboxylic acids is 1. The molecule has 0 radical (unpaired) electrons. The Labute approximate surface area is 237 Å². The Morgan fingerprint density at radius 2 is 2.08 bits per heavy atom. The van der Waals surface area contributed by atoms with Gasteiger partial charge >= 0.3 is 5.97 Å². The van der Waals surface area contributed by atoms with E-state index in [2.05, 4.69) is 34.6 Å². The smallest absolute Gasteiger partial charge is 0.305 e. The van der Waals surface area contributed by atoms with Crippen LogP contribution in [0.15, 0.2) is 29.7 Å². The second kappa shape index (κ2) is 15.3. The van der Waals surface area contributed by atoms with Crippen LogP contribution in [0.4, 0.5) is 0 Å². The summed E-state index contributed by atoms with van der Waals surface area (Å²) in [5.74, 6) is -0.159. The molecule has 1 unspecified atom stereocenters. The number of aliphatic hydroxyl groups is 2. The molecule has 0 amide bonds. The number of nitrogens with zero attached hydrogens (tertiary/aromatic N) is 2. The Morgan fingerprint density at radius 3 is 2.77 bits per heavy atom. The first-order valence-corrected chi connectivity index (χ1v) is 15.8. The van der Waals surface area contributed by atoms with Crippen LogP contribution in [-0.4, -0.2) is 72.7 Å². The molecule has 1 aromatic rings. The number of hydrogen-bond acceptors (Lipinski definition) is 8. The summed E-state index contributed by atoms with van der Waals surface area (Å²) in [5.41, 5.74) is -0.115. The topological polar surface area (TPSA) is 103 Å². The fourth-order valence-corrected chi connectivity index (χ4v) is 7.64. The molecule has 39 heavy (non-hydrogen) atoms. The van der Waals surface area contributed by atoms with Crippen molar-refractivity contribution >= 4 is 17.3 Å². The summed E-state index contributed by atoms with van der Waals surface area (Å²) in [4.78, 5) is 15.6. The average molecular weight is 559 g/mol. The first-order valence-electron chi connectivity index (χ1n) is 15.0. The molecule has 1 aliphatic heterocycles. The molecule has 7 nitrogen and oxygen atoms in total. The van der Waals surface area contributed by atoms with Crippen LogP contribution in [0.3, 0.4) is 0 Å². The van der Waals surface area contributed by atoms with Gasteiger partial charge in [-0.1, -0.05) is 43.9 Å². The third-order valence-corrected chi connectivity index (χ3v) is 10.3. The van der Waals surface area contributed by atoms with Gasteiger partial charge in [0.15, 0.2) is 0 Å². The normalized spacial score (nSPS) is 27.7. The number of nitriles is 1. The number of hydrogen-bond donors (Lipinski definition) is 2. The second-order valence-electron chi connectivity index (χ2n) is 11.6. The van der Waals surface area contributed by atoms with Crippen LogP contribution in [-0.2, 0) is 19.7 Å². The number of aliphatic hydroxyl groups excluding tert-OH is 2. The molecule has 3 aliphatic rings. The summed E-state index contributed by atoms with van der Waals surface area (Å²) in [6.07, 6.45) is 12.6. The maximum Gasteiger partial charge on any atom is 0.305 e. The van der Waals surface area contributed by atoms with E-state index in [-0.39, 0.29) is 29.1 Å². The minimum absolute atomic E-state index is 0.0395. The fourth-order valence-electron chi connectivity index (χ4n) is 6.60. The summed E-state index contributed by atoms with van der Waals surface area (Å²) in [7, 11) is 0. The zero-order valence-corrected chi connectivity index (χ0v) is 24.0.